The number of H-pyrrole nitrogens is 1. The summed E-state index contributed by atoms with van der Waals surface area (Å²) in [7, 11) is 0. The van der Waals surface area contributed by atoms with Gasteiger partial charge in [0, 0.05) is 22.9 Å². The molecule has 2 aromatic rings. The third-order valence-corrected chi connectivity index (χ3v) is 3.36. The zero-order valence-corrected chi connectivity index (χ0v) is 10.7. The number of aromatic nitrogens is 2. The molecule has 1 aromatic carbocycles. The van der Waals surface area contributed by atoms with Crippen molar-refractivity contribution in [1.82, 2.24) is 9.97 Å². The molecule has 0 atom stereocenters. The van der Waals surface area contributed by atoms with Gasteiger partial charge in [0.15, 0.2) is 11.0 Å². The Kier molecular flexibility index (Phi) is 3.89. The van der Waals surface area contributed by atoms with Crippen LogP contribution in [0.3, 0.4) is 0 Å². The zero-order chi connectivity index (χ0) is 14.8. The van der Waals surface area contributed by atoms with Gasteiger partial charge in [-0.1, -0.05) is 16.9 Å². The van der Waals surface area contributed by atoms with Crippen LogP contribution in [-0.4, -0.2) is 21.0 Å². The topological polar surface area (TPSA) is 87.3 Å². The fourth-order valence-corrected chi connectivity index (χ4v) is 2.32. The highest BCUT2D eigenvalue weighted by molar-refractivity contribution is 7.99. The highest BCUT2D eigenvalue weighted by Gasteiger charge is 2.31. The molecule has 0 spiro atoms. The van der Waals surface area contributed by atoms with Crippen molar-refractivity contribution < 1.29 is 18.4 Å². The molecular weight excluding hydrogens is 293 g/mol. The van der Waals surface area contributed by atoms with E-state index in [4.69, 9.17) is 10.9 Å². The first-order valence-corrected chi connectivity index (χ1v) is 6.10. The van der Waals surface area contributed by atoms with Gasteiger partial charge in [0.1, 0.15) is 0 Å². The highest BCUT2D eigenvalue weighted by atomic mass is 32.2. The summed E-state index contributed by atoms with van der Waals surface area (Å²) in [6.07, 6.45) is -1.41. The largest absolute Gasteiger partial charge is 0.416 e. The maximum Gasteiger partial charge on any atom is 0.416 e. The van der Waals surface area contributed by atoms with Gasteiger partial charge in [-0.05, 0) is 18.2 Å². The lowest BCUT2D eigenvalue weighted by Crippen LogP contribution is -2.16. The fourth-order valence-electron chi connectivity index (χ4n) is 1.46. The Hall–Kier alpha value is -2.16. The number of alkyl halides is 3. The van der Waals surface area contributed by atoms with Gasteiger partial charge in [0.05, 0.1) is 5.56 Å². The number of hydrogen-bond acceptors (Lipinski definition) is 4. The number of benzene rings is 1. The predicted octanol–water partition coefficient (Wildman–Crippen LogP) is 2.67. The molecule has 106 valence electrons. The van der Waals surface area contributed by atoms with E-state index >= 15 is 0 Å². The summed E-state index contributed by atoms with van der Waals surface area (Å²) in [4.78, 5) is 7.14. The second kappa shape index (κ2) is 5.45. The van der Waals surface area contributed by atoms with Crippen LogP contribution in [0.2, 0.25) is 0 Å². The van der Waals surface area contributed by atoms with E-state index < -0.39 is 17.6 Å². The summed E-state index contributed by atoms with van der Waals surface area (Å²) < 4.78 is 38.0. The number of oxime groups is 1. The average Bonchev–Trinajstić information content (AvgIpc) is 2.90. The minimum atomic E-state index is -4.50. The van der Waals surface area contributed by atoms with Gasteiger partial charge < -0.3 is 15.9 Å². The molecular formula is C11H9F3N4OS. The van der Waals surface area contributed by atoms with E-state index in [1.165, 1.54) is 12.3 Å². The van der Waals surface area contributed by atoms with Gasteiger partial charge in [0.2, 0.25) is 0 Å². The molecule has 9 heteroatoms. The SMILES string of the molecule is N/C(=N/O)c1cc(C(F)(F)F)ccc1Sc1ncc[nH]1. The van der Waals surface area contributed by atoms with Crippen LogP contribution in [0, 0.1) is 0 Å². The minimum absolute atomic E-state index is 0.0104. The summed E-state index contributed by atoms with van der Waals surface area (Å²) in [5.74, 6) is -0.398. The Labute approximate surface area is 115 Å². The summed E-state index contributed by atoms with van der Waals surface area (Å²) in [5, 5.41) is 11.9. The second-order valence-electron chi connectivity index (χ2n) is 3.69. The number of nitrogens with one attached hydrogen (secondary N) is 1. The van der Waals surface area contributed by atoms with Gasteiger partial charge in [-0.25, -0.2) is 4.98 Å². The Morgan fingerprint density at radius 1 is 1.40 bits per heavy atom. The maximum atomic E-state index is 12.7. The van der Waals surface area contributed by atoms with E-state index in [-0.39, 0.29) is 5.56 Å². The summed E-state index contributed by atoms with van der Waals surface area (Å²) in [6, 6.07) is 3.02. The number of nitrogens with zero attached hydrogens (tertiary/aromatic N) is 2. The van der Waals surface area contributed by atoms with Crippen molar-refractivity contribution in [2.75, 3.05) is 0 Å². The van der Waals surface area contributed by atoms with Crippen molar-refractivity contribution in [3.8, 4) is 0 Å². The Balaban J connectivity index is 2.46. The van der Waals surface area contributed by atoms with Crippen molar-refractivity contribution in [3.63, 3.8) is 0 Å². The van der Waals surface area contributed by atoms with Crippen LogP contribution in [-0.2, 0) is 6.18 Å². The van der Waals surface area contributed by atoms with Gasteiger partial charge >= 0.3 is 6.18 Å². The van der Waals surface area contributed by atoms with E-state index in [0.29, 0.717) is 10.1 Å². The smallest absolute Gasteiger partial charge is 0.409 e. The van der Waals surface area contributed by atoms with Crippen molar-refractivity contribution >= 4 is 17.6 Å². The van der Waals surface area contributed by atoms with Crippen LogP contribution in [0.1, 0.15) is 11.1 Å². The first-order valence-electron chi connectivity index (χ1n) is 5.28. The normalized spacial score (nSPS) is 12.7. The van der Waals surface area contributed by atoms with E-state index in [9.17, 15) is 13.2 Å². The Morgan fingerprint density at radius 3 is 2.70 bits per heavy atom. The van der Waals surface area contributed by atoms with Crippen molar-refractivity contribution in [3.05, 3.63) is 41.7 Å². The molecule has 0 fully saturated rings. The number of rotatable bonds is 3. The molecule has 1 heterocycles. The molecule has 4 N–H and O–H groups in total. The summed E-state index contributed by atoms with van der Waals surface area (Å²) in [5.41, 5.74) is 4.54. The number of aromatic amines is 1. The Bertz CT molecular complexity index is 625. The Morgan fingerprint density at radius 2 is 2.15 bits per heavy atom. The quantitative estimate of drug-likeness (QED) is 0.352. The van der Waals surface area contributed by atoms with Crippen LogP contribution in [0.15, 0.2) is 45.8 Å². The van der Waals surface area contributed by atoms with Crippen LogP contribution < -0.4 is 5.73 Å². The molecule has 0 saturated carbocycles. The predicted molar refractivity (Wildman–Crippen MR) is 66.7 cm³/mol. The molecule has 0 amide bonds. The first kappa shape index (κ1) is 14.3. The third kappa shape index (κ3) is 3.05. The molecule has 1 aromatic heterocycles. The molecule has 0 aliphatic rings. The van der Waals surface area contributed by atoms with E-state index in [1.54, 1.807) is 6.20 Å². The highest BCUT2D eigenvalue weighted by Crippen LogP contribution is 2.34. The zero-order valence-electron chi connectivity index (χ0n) is 9.85. The molecule has 20 heavy (non-hydrogen) atoms. The van der Waals surface area contributed by atoms with Crippen LogP contribution in [0.5, 0.6) is 0 Å². The summed E-state index contributed by atoms with van der Waals surface area (Å²) in [6.45, 7) is 0. The van der Waals surface area contributed by atoms with E-state index in [2.05, 4.69) is 15.1 Å². The van der Waals surface area contributed by atoms with Crippen LogP contribution in [0.25, 0.3) is 0 Å². The molecule has 0 saturated heterocycles. The molecule has 0 bridgehead atoms. The number of imidazole rings is 1. The lowest BCUT2D eigenvalue weighted by Gasteiger charge is -2.11. The molecule has 0 aliphatic heterocycles. The number of nitrogens with two attached hydrogens (primary N) is 1. The fraction of sp³-hybridized carbons (Fsp3) is 0.0909. The monoisotopic (exact) mass is 302 g/mol. The number of amidine groups is 1. The van der Waals surface area contributed by atoms with Crippen molar-refractivity contribution in [2.45, 2.75) is 16.2 Å². The van der Waals surface area contributed by atoms with Crippen LogP contribution in [0.4, 0.5) is 13.2 Å². The molecule has 0 radical (unpaired) electrons. The van der Waals surface area contributed by atoms with Crippen molar-refractivity contribution in [2.24, 2.45) is 10.9 Å². The molecule has 0 aliphatic carbocycles. The van der Waals surface area contributed by atoms with Gasteiger partial charge in [-0.2, -0.15) is 13.2 Å². The number of hydrogen-bond donors (Lipinski definition) is 3. The second-order valence-corrected chi connectivity index (χ2v) is 4.72. The first-order chi connectivity index (χ1) is 9.41. The maximum absolute atomic E-state index is 12.7. The lowest BCUT2D eigenvalue weighted by atomic mass is 10.1. The third-order valence-electron chi connectivity index (χ3n) is 2.37. The molecule has 5 nitrogen and oxygen atoms in total. The molecule has 0 unspecified atom stereocenters. The number of halogens is 3. The standard InChI is InChI=1S/C11H9F3N4OS/c12-11(13,14)6-1-2-8(7(5-6)9(15)18-19)20-10-16-3-4-17-10/h1-5,19H,(H2,15,18)(H,16,17). The van der Waals surface area contributed by atoms with E-state index in [0.717, 1.165) is 23.9 Å². The van der Waals surface area contributed by atoms with Gasteiger partial charge in [-0.3, -0.25) is 0 Å². The van der Waals surface area contributed by atoms with Gasteiger partial charge in [0.25, 0.3) is 0 Å². The average molecular weight is 302 g/mol. The van der Waals surface area contributed by atoms with Crippen LogP contribution >= 0.6 is 11.8 Å². The van der Waals surface area contributed by atoms with Gasteiger partial charge in [-0.15, -0.1) is 0 Å². The lowest BCUT2D eigenvalue weighted by molar-refractivity contribution is -0.137. The van der Waals surface area contributed by atoms with Crippen molar-refractivity contribution in [1.29, 1.82) is 0 Å². The molecule has 2 rings (SSSR count). The summed E-state index contributed by atoms with van der Waals surface area (Å²) >= 11 is 1.08. The minimum Gasteiger partial charge on any atom is -0.409 e. The van der Waals surface area contributed by atoms with E-state index in [1.807, 2.05) is 0 Å².